The van der Waals surface area contributed by atoms with Gasteiger partial charge in [0.2, 0.25) is 0 Å². The van der Waals surface area contributed by atoms with Crippen molar-refractivity contribution in [2.75, 3.05) is 0 Å². The van der Waals surface area contributed by atoms with Crippen LogP contribution in [0.2, 0.25) is 0 Å². The van der Waals surface area contributed by atoms with Crippen molar-refractivity contribution >= 4 is 5.97 Å². The van der Waals surface area contributed by atoms with E-state index in [0.717, 1.165) is 5.92 Å². The average molecular weight is 250 g/mol. The van der Waals surface area contributed by atoms with E-state index in [9.17, 15) is 4.79 Å². The van der Waals surface area contributed by atoms with Gasteiger partial charge in [0.25, 0.3) is 0 Å². The van der Waals surface area contributed by atoms with E-state index in [1.165, 1.54) is 44.9 Å². The summed E-state index contributed by atoms with van der Waals surface area (Å²) in [4.78, 5) is 12.2. The Morgan fingerprint density at radius 2 is 1.72 bits per heavy atom. The number of carbonyl (C=O) groups is 1. The van der Waals surface area contributed by atoms with E-state index < -0.39 is 0 Å². The summed E-state index contributed by atoms with van der Waals surface area (Å²) < 4.78 is 5.73. The molecule has 4 unspecified atom stereocenters. The monoisotopic (exact) mass is 250 g/mol. The second kappa shape index (κ2) is 4.86. The van der Waals surface area contributed by atoms with Gasteiger partial charge in [-0.05, 0) is 43.4 Å². The number of ether oxygens (including phenoxy) is 1. The maximum Gasteiger partial charge on any atom is 0.309 e. The first kappa shape index (κ1) is 12.5. The van der Waals surface area contributed by atoms with Crippen molar-refractivity contribution in [3.8, 4) is 0 Å². The Morgan fingerprint density at radius 1 is 1.00 bits per heavy atom. The van der Waals surface area contributed by atoms with E-state index in [1.807, 2.05) is 0 Å². The highest BCUT2D eigenvalue weighted by molar-refractivity contribution is 5.75. The highest BCUT2D eigenvalue weighted by Crippen LogP contribution is 2.48. The second-order valence-electron chi connectivity index (χ2n) is 7.02. The maximum atomic E-state index is 12.2. The molecule has 0 spiro atoms. The van der Waals surface area contributed by atoms with Crippen LogP contribution in [0.1, 0.15) is 58.8 Å². The zero-order valence-electron chi connectivity index (χ0n) is 11.7. The summed E-state index contributed by atoms with van der Waals surface area (Å²) in [6.07, 6.45) is 9.11. The molecule has 2 saturated carbocycles. The van der Waals surface area contributed by atoms with Crippen LogP contribution in [0.3, 0.4) is 0 Å². The molecule has 3 fully saturated rings. The summed E-state index contributed by atoms with van der Waals surface area (Å²) in [6, 6.07) is 0. The molecule has 1 saturated heterocycles. The predicted octanol–water partition coefficient (Wildman–Crippen LogP) is 3.79. The molecule has 2 nitrogen and oxygen atoms in total. The molecule has 4 atom stereocenters. The van der Waals surface area contributed by atoms with Crippen LogP contribution in [-0.2, 0) is 9.53 Å². The van der Waals surface area contributed by atoms with E-state index in [4.69, 9.17) is 4.74 Å². The summed E-state index contributed by atoms with van der Waals surface area (Å²) in [6.45, 7) is 4.60. The van der Waals surface area contributed by atoms with Crippen molar-refractivity contribution < 1.29 is 9.53 Å². The third kappa shape index (κ3) is 2.08. The van der Waals surface area contributed by atoms with Gasteiger partial charge in [-0.2, -0.15) is 0 Å². The molecule has 0 aromatic heterocycles. The van der Waals surface area contributed by atoms with Gasteiger partial charge in [-0.1, -0.05) is 33.1 Å². The lowest BCUT2D eigenvalue weighted by atomic mass is 9.67. The van der Waals surface area contributed by atoms with E-state index in [1.54, 1.807) is 0 Å². The Labute approximate surface area is 110 Å². The SMILES string of the molecule is CC1CCC(C2C(=O)OC3C(C)CCCC32)CC1. The Balaban J connectivity index is 1.73. The summed E-state index contributed by atoms with van der Waals surface area (Å²) >= 11 is 0. The molecular formula is C16H26O2. The molecule has 3 aliphatic rings. The molecule has 18 heavy (non-hydrogen) atoms. The fourth-order valence-electron chi connectivity index (χ4n) is 4.59. The summed E-state index contributed by atoms with van der Waals surface area (Å²) in [5.74, 6) is 2.98. The molecule has 2 heteroatoms. The highest BCUT2D eigenvalue weighted by Gasteiger charge is 2.51. The summed E-state index contributed by atoms with van der Waals surface area (Å²) in [5.41, 5.74) is 0. The summed E-state index contributed by atoms with van der Waals surface area (Å²) in [5, 5.41) is 0. The van der Waals surface area contributed by atoms with E-state index in [-0.39, 0.29) is 18.0 Å². The largest absolute Gasteiger partial charge is 0.462 e. The first-order valence-corrected chi connectivity index (χ1v) is 7.87. The molecule has 0 amide bonds. The van der Waals surface area contributed by atoms with Gasteiger partial charge in [-0.15, -0.1) is 0 Å². The van der Waals surface area contributed by atoms with Crippen molar-refractivity contribution in [1.29, 1.82) is 0 Å². The molecule has 102 valence electrons. The Bertz CT molecular complexity index is 317. The van der Waals surface area contributed by atoms with Crippen LogP contribution in [-0.4, -0.2) is 12.1 Å². The topological polar surface area (TPSA) is 26.3 Å². The molecule has 3 rings (SSSR count). The van der Waals surface area contributed by atoms with Crippen LogP contribution in [0, 0.1) is 29.6 Å². The molecule has 0 aromatic rings. The lowest BCUT2D eigenvalue weighted by Gasteiger charge is -2.35. The van der Waals surface area contributed by atoms with Gasteiger partial charge in [0.05, 0.1) is 5.92 Å². The lowest BCUT2D eigenvalue weighted by Crippen LogP contribution is -2.34. The minimum atomic E-state index is 0.137. The van der Waals surface area contributed by atoms with Crippen LogP contribution >= 0.6 is 0 Å². The first-order chi connectivity index (χ1) is 8.66. The van der Waals surface area contributed by atoms with Crippen molar-refractivity contribution in [2.45, 2.75) is 64.9 Å². The Kier molecular flexibility index (Phi) is 3.38. The van der Waals surface area contributed by atoms with Crippen molar-refractivity contribution in [3.05, 3.63) is 0 Å². The molecular weight excluding hydrogens is 224 g/mol. The number of fused-ring (bicyclic) bond motifs is 1. The number of esters is 1. The van der Waals surface area contributed by atoms with Gasteiger partial charge >= 0.3 is 5.97 Å². The zero-order valence-corrected chi connectivity index (χ0v) is 11.7. The van der Waals surface area contributed by atoms with Crippen LogP contribution in [0.5, 0.6) is 0 Å². The standard InChI is InChI=1S/C16H26O2/c1-10-6-8-12(9-7-10)14-13-5-3-4-11(2)15(13)18-16(14)17/h10-15H,3-9H2,1-2H3. The lowest BCUT2D eigenvalue weighted by molar-refractivity contribution is -0.147. The van der Waals surface area contributed by atoms with E-state index >= 15 is 0 Å². The molecule has 0 radical (unpaired) electrons. The Hall–Kier alpha value is -0.530. The third-order valence-corrected chi connectivity index (χ3v) is 5.73. The normalized spacial score (nSPS) is 48.7. The number of hydrogen-bond donors (Lipinski definition) is 0. The average Bonchev–Trinajstić information content (AvgIpc) is 2.69. The van der Waals surface area contributed by atoms with Gasteiger partial charge in [0.15, 0.2) is 0 Å². The highest BCUT2D eigenvalue weighted by atomic mass is 16.6. The van der Waals surface area contributed by atoms with Gasteiger partial charge in [0.1, 0.15) is 6.10 Å². The predicted molar refractivity (Wildman–Crippen MR) is 71.0 cm³/mol. The second-order valence-corrected chi connectivity index (χ2v) is 7.02. The summed E-state index contributed by atoms with van der Waals surface area (Å²) in [7, 11) is 0. The molecule has 1 aliphatic heterocycles. The Morgan fingerprint density at radius 3 is 2.44 bits per heavy atom. The molecule has 0 aromatic carbocycles. The van der Waals surface area contributed by atoms with Crippen LogP contribution in [0.25, 0.3) is 0 Å². The van der Waals surface area contributed by atoms with Crippen molar-refractivity contribution in [1.82, 2.24) is 0 Å². The van der Waals surface area contributed by atoms with Crippen LogP contribution in [0.15, 0.2) is 0 Å². The molecule has 1 heterocycles. The maximum absolute atomic E-state index is 12.2. The minimum Gasteiger partial charge on any atom is -0.462 e. The number of rotatable bonds is 1. The number of carbonyl (C=O) groups excluding carboxylic acids is 1. The first-order valence-electron chi connectivity index (χ1n) is 7.87. The molecule has 0 N–H and O–H groups in total. The van der Waals surface area contributed by atoms with Crippen LogP contribution < -0.4 is 0 Å². The number of hydrogen-bond acceptors (Lipinski definition) is 2. The van der Waals surface area contributed by atoms with Gasteiger partial charge in [-0.3, -0.25) is 4.79 Å². The molecule has 0 bridgehead atoms. The van der Waals surface area contributed by atoms with Crippen LogP contribution in [0.4, 0.5) is 0 Å². The smallest absolute Gasteiger partial charge is 0.309 e. The zero-order chi connectivity index (χ0) is 12.7. The fourth-order valence-corrected chi connectivity index (χ4v) is 4.59. The fraction of sp³-hybridized carbons (Fsp3) is 0.938. The van der Waals surface area contributed by atoms with E-state index in [0.29, 0.717) is 17.8 Å². The third-order valence-electron chi connectivity index (χ3n) is 5.73. The van der Waals surface area contributed by atoms with Gasteiger partial charge in [0, 0.05) is 5.92 Å². The van der Waals surface area contributed by atoms with Crippen molar-refractivity contribution in [3.63, 3.8) is 0 Å². The minimum absolute atomic E-state index is 0.137. The van der Waals surface area contributed by atoms with Gasteiger partial charge in [-0.25, -0.2) is 0 Å². The molecule has 2 aliphatic carbocycles. The van der Waals surface area contributed by atoms with Gasteiger partial charge < -0.3 is 4.74 Å². The quantitative estimate of drug-likeness (QED) is 0.662. The van der Waals surface area contributed by atoms with Crippen molar-refractivity contribution in [2.24, 2.45) is 29.6 Å². The van der Waals surface area contributed by atoms with E-state index in [2.05, 4.69) is 13.8 Å².